The van der Waals surface area contributed by atoms with Crippen molar-refractivity contribution in [1.29, 1.82) is 10.9 Å². The van der Waals surface area contributed by atoms with E-state index in [1.807, 2.05) is 0 Å². The molecule has 0 unspecified atom stereocenters. The maximum atomic E-state index is 13.3. The number of anilines is 1. The second kappa shape index (κ2) is 9.21. The Kier molecular flexibility index (Phi) is 6.99. The highest BCUT2D eigenvalue weighted by molar-refractivity contribution is 6.67. The van der Waals surface area contributed by atoms with Gasteiger partial charge in [-0.15, -0.1) is 0 Å². The summed E-state index contributed by atoms with van der Waals surface area (Å²) in [4.78, 5) is 12.6. The van der Waals surface area contributed by atoms with Crippen molar-refractivity contribution in [2.75, 3.05) is 11.9 Å². The molecule has 1 aromatic carbocycles. The van der Waals surface area contributed by atoms with Crippen LogP contribution in [0.25, 0.3) is 0 Å². The maximum absolute atomic E-state index is 13.3. The first-order chi connectivity index (χ1) is 12.4. The summed E-state index contributed by atoms with van der Waals surface area (Å²) >= 11 is 5.58. The SMILES string of the molecule is N=N/C(=C\NCC1CC1)C(=O)/C(=C/C(=N)Cl)Nc1ccc(F)cc1CO. The van der Waals surface area contributed by atoms with Crippen LogP contribution in [0.2, 0.25) is 0 Å². The number of Topliss-reactive ketones (excluding diaryl/α,β-unsaturated/α-hetero) is 1. The zero-order chi connectivity index (χ0) is 19.1. The number of halogens is 2. The van der Waals surface area contributed by atoms with Crippen molar-refractivity contribution in [1.82, 2.24) is 5.32 Å². The maximum Gasteiger partial charge on any atom is 0.230 e. The van der Waals surface area contributed by atoms with Gasteiger partial charge in [0.15, 0.2) is 0 Å². The van der Waals surface area contributed by atoms with Gasteiger partial charge < -0.3 is 15.7 Å². The fraction of sp³-hybridized carbons (Fsp3) is 0.294. The third-order valence-corrected chi connectivity index (χ3v) is 3.83. The van der Waals surface area contributed by atoms with Crippen LogP contribution in [0.1, 0.15) is 18.4 Å². The number of hydrogen-bond acceptors (Lipinski definition) is 7. The molecule has 1 saturated carbocycles. The summed E-state index contributed by atoms with van der Waals surface area (Å²) in [5.74, 6) is -0.627. The van der Waals surface area contributed by atoms with Gasteiger partial charge in [-0.25, -0.2) is 9.92 Å². The molecule has 0 saturated heterocycles. The van der Waals surface area contributed by atoms with Crippen LogP contribution in [0.4, 0.5) is 10.1 Å². The summed E-state index contributed by atoms with van der Waals surface area (Å²) in [7, 11) is 0. The Labute approximate surface area is 155 Å². The van der Waals surface area contributed by atoms with Crippen LogP contribution in [0.5, 0.6) is 0 Å². The molecule has 0 aromatic heterocycles. The second-order valence-electron chi connectivity index (χ2n) is 5.81. The quantitative estimate of drug-likeness (QED) is 0.243. The number of carbonyl (C=O) groups excluding carboxylic acids is 1. The average Bonchev–Trinajstić information content (AvgIpc) is 3.43. The first-order valence-electron chi connectivity index (χ1n) is 7.92. The van der Waals surface area contributed by atoms with Crippen molar-refractivity contribution < 1.29 is 14.3 Å². The van der Waals surface area contributed by atoms with Crippen molar-refractivity contribution in [3.63, 3.8) is 0 Å². The summed E-state index contributed by atoms with van der Waals surface area (Å²) < 4.78 is 13.3. The summed E-state index contributed by atoms with van der Waals surface area (Å²) in [6, 6.07) is 3.64. The van der Waals surface area contributed by atoms with E-state index in [0.717, 1.165) is 25.0 Å². The van der Waals surface area contributed by atoms with Gasteiger partial charge >= 0.3 is 0 Å². The van der Waals surface area contributed by atoms with Gasteiger partial charge in [0.1, 0.15) is 16.7 Å². The van der Waals surface area contributed by atoms with Crippen LogP contribution in [-0.4, -0.2) is 22.6 Å². The van der Waals surface area contributed by atoms with Crippen molar-refractivity contribution >= 4 is 28.2 Å². The summed E-state index contributed by atoms with van der Waals surface area (Å²) in [6.45, 7) is 0.241. The molecule has 1 aromatic rings. The molecular weight excluding hydrogens is 361 g/mol. The minimum absolute atomic E-state index is 0.123. The topological polar surface area (TPSA) is 121 Å². The highest BCUT2D eigenvalue weighted by Crippen LogP contribution is 2.27. The van der Waals surface area contributed by atoms with Crippen molar-refractivity contribution in [3.05, 3.63) is 53.2 Å². The normalized spacial score (nSPS) is 14.7. The van der Waals surface area contributed by atoms with E-state index in [-0.39, 0.29) is 22.6 Å². The van der Waals surface area contributed by atoms with E-state index in [0.29, 0.717) is 12.5 Å². The standard InChI is InChI=1S/C17H19ClFN5O2/c18-16(20)6-14(23-13-4-3-12(19)5-11(13)9-25)17(26)15(24-21)8-22-7-10-1-2-10/h3-6,8,10,20-23,25H,1-2,7,9H2/b14-6-,15-8-,20-16?,24-21?. The monoisotopic (exact) mass is 379 g/mol. The van der Waals surface area contributed by atoms with Crippen molar-refractivity contribution in [2.24, 2.45) is 11.0 Å². The van der Waals surface area contributed by atoms with E-state index in [1.54, 1.807) is 0 Å². The number of rotatable bonds is 10. The number of carbonyl (C=O) groups is 1. The number of hydrogen-bond donors (Lipinski definition) is 5. The molecule has 0 heterocycles. The van der Waals surface area contributed by atoms with Gasteiger partial charge in [-0.05, 0) is 37.0 Å². The third kappa shape index (κ3) is 5.75. The van der Waals surface area contributed by atoms with Crippen molar-refractivity contribution in [3.8, 4) is 0 Å². The van der Waals surface area contributed by atoms with E-state index in [4.69, 9.17) is 22.5 Å². The minimum atomic E-state index is -0.665. The fourth-order valence-electron chi connectivity index (χ4n) is 2.18. The van der Waals surface area contributed by atoms with Crippen LogP contribution in [0.15, 0.2) is 47.0 Å². The summed E-state index contributed by atoms with van der Waals surface area (Å²) in [5, 5.41) is 25.2. The van der Waals surface area contributed by atoms with Gasteiger partial charge in [0, 0.05) is 30.1 Å². The van der Waals surface area contributed by atoms with Crippen molar-refractivity contribution in [2.45, 2.75) is 19.4 Å². The van der Waals surface area contributed by atoms with E-state index in [2.05, 4.69) is 15.7 Å². The Morgan fingerprint density at radius 3 is 2.77 bits per heavy atom. The van der Waals surface area contributed by atoms with E-state index in [9.17, 15) is 14.3 Å². The van der Waals surface area contributed by atoms with Crippen LogP contribution < -0.4 is 10.6 Å². The van der Waals surface area contributed by atoms with Crippen LogP contribution in [0.3, 0.4) is 0 Å². The van der Waals surface area contributed by atoms with E-state index < -0.39 is 23.4 Å². The lowest BCUT2D eigenvalue weighted by Gasteiger charge is -2.13. The van der Waals surface area contributed by atoms with Gasteiger partial charge in [0.05, 0.1) is 12.3 Å². The summed E-state index contributed by atoms with van der Waals surface area (Å²) in [5.41, 5.74) is 7.43. The number of nitrogens with zero attached hydrogens (tertiary/aromatic N) is 1. The predicted octanol–water partition coefficient (Wildman–Crippen LogP) is 3.27. The van der Waals surface area contributed by atoms with Gasteiger partial charge in [-0.2, -0.15) is 5.11 Å². The molecule has 0 amide bonds. The molecule has 0 radical (unpaired) electrons. The van der Waals surface area contributed by atoms with Crippen LogP contribution >= 0.6 is 11.6 Å². The molecule has 1 aliphatic rings. The largest absolute Gasteiger partial charge is 0.392 e. The first-order valence-corrected chi connectivity index (χ1v) is 8.30. The molecule has 0 bridgehead atoms. The molecule has 0 spiro atoms. The Hall–Kier alpha value is -2.58. The highest BCUT2D eigenvalue weighted by Gasteiger charge is 2.21. The number of nitrogens with one attached hydrogen (secondary N) is 4. The summed E-state index contributed by atoms with van der Waals surface area (Å²) in [6.07, 6.45) is 4.67. The lowest BCUT2D eigenvalue weighted by atomic mass is 10.1. The zero-order valence-corrected chi connectivity index (χ0v) is 14.6. The van der Waals surface area contributed by atoms with E-state index >= 15 is 0 Å². The number of benzene rings is 1. The molecule has 2 rings (SSSR count). The lowest BCUT2D eigenvalue weighted by molar-refractivity contribution is -0.112. The molecule has 1 aliphatic carbocycles. The van der Waals surface area contributed by atoms with Crippen LogP contribution in [-0.2, 0) is 11.4 Å². The van der Waals surface area contributed by atoms with Gasteiger partial charge in [-0.1, -0.05) is 11.6 Å². The van der Waals surface area contributed by atoms with Gasteiger partial charge in [0.25, 0.3) is 0 Å². The fourth-order valence-corrected chi connectivity index (χ4v) is 2.29. The Balaban J connectivity index is 2.24. The number of ketones is 1. The Morgan fingerprint density at radius 2 is 2.19 bits per heavy atom. The lowest BCUT2D eigenvalue weighted by Crippen LogP contribution is -2.18. The predicted molar refractivity (Wildman–Crippen MR) is 96.6 cm³/mol. The molecule has 1 fully saturated rings. The zero-order valence-electron chi connectivity index (χ0n) is 13.9. The molecule has 5 N–H and O–H groups in total. The molecule has 9 heteroatoms. The highest BCUT2D eigenvalue weighted by atomic mass is 35.5. The van der Waals surface area contributed by atoms with Crippen LogP contribution in [0, 0.1) is 22.7 Å². The minimum Gasteiger partial charge on any atom is -0.392 e. The third-order valence-electron chi connectivity index (χ3n) is 3.72. The van der Waals surface area contributed by atoms with E-state index in [1.165, 1.54) is 18.3 Å². The smallest absolute Gasteiger partial charge is 0.230 e. The Bertz CT molecular complexity index is 774. The molecule has 138 valence electrons. The molecule has 7 nitrogen and oxygen atoms in total. The van der Waals surface area contributed by atoms with Gasteiger partial charge in [0.2, 0.25) is 5.78 Å². The number of aliphatic hydroxyl groups excluding tert-OH is 1. The second-order valence-corrected chi connectivity index (χ2v) is 6.22. The molecular formula is C17H19ClFN5O2. The first kappa shape index (κ1) is 19.7. The average molecular weight is 380 g/mol. The molecule has 26 heavy (non-hydrogen) atoms. The molecule has 0 atom stereocenters. The number of allylic oxidation sites excluding steroid dienone is 1. The Morgan fingerprint density at radius 1 is 1.46 bits per heavy atom. The molecule has 0 aliphatic heterocycles. The van der Waals surface area contributed by atoms with Gasteiger partial charge in [-0.3, -0.25) is 10.2 Å². The number of aliphatic hydroxyl groups is 1.